The second kappa shape index (κ2) is 7.18. The number of nitrogens with zero attached hydrogens (tertiary/aromatic N) is 4. The molecule has 0 bridgehead atoms. The standard InChI is InChI=1S/C22H20ClN5O2/c1-13-18(30-16-7-8-24-19(23)10-16)5-6-21-26-20(12-28(13)21)25-17-9-15(14-3-4-14)11-27(2)22(17)29/h5-12,14,25H,3-4H2,1-2H3. The summed E-state index contributed by atoms with van der Waals surface area (Å²) in [6, 6.07) is 9.09. The van der Waals surface area contributed by atoms with Crippen molar-refractivity contribution in [3.8, 4) is 11.5 Å². The van der Waals surface area contributed by atoms with Gasteiger partial charge >= 0.3 is 0 Å². The summed E-state index contributed by atoms with van der Waals surface area (Å²) in [7, 11) is 1.78. The molecule has 1 saturated carbocycles. The van der Waals surface area contributed by atoms with E-state index >= 15 is 0 Å². The zero-order valence-electron chi connectivity index (χ0n) is 16.6. The molecule has 0 unspecified atom stereocenters. The lowest BCUT2D eigenvalue weighted by Crippen LogP contribution is -2.20. The van der Waals surface area contributed by atoms with Gasteiger partial charge in [0.2, 0.25) is 0 Å². The normalized spacial score (nSPS) is 13.6. The first-order valence-electron chi connectivity index (χ1n) is 9.73. The molecule has 1 fully saturated rings. The van der Waals surface area contributed by atoms with Gasteiger partial charge in [0.15, 0.2) is 0 Å². The van der Waals surface area contributed by atoms with Crippen molar-refractivity contribution in [1.82, 2.24) is 18.9 Å². The summed E-state index contributed by atoms with van der Waals surface area (Å²) in [5.41, 5.74) is 3.27. The zero-order valence-corrected chi connectivity index (χ0v) is 17.3. The topological polar surface area (TPSA) is 73.5 Å². The van der Waals surface area contributed by atoms with E-state index in [1.54, 1.807) is 29.9 Å². The molecule has 4 heterocycles. The molecule has 0 atom stereocenters. The first kappa shape index (κ1) is 18.7. The molecule has 4 aromatic rings. The molecule has 0 amide bonds. The number of rotatable bonds is 5. The maximum atomic E-state index is 12.6. The maximum absolute atomic E-state index is 12.6. The van der Waals surface area contributed by atoms with Gasteiger partial charge in [-0.1, -0.05) is 11.6 Å². The van der Waals surface area contributed by atoms with Crippen molar-refractivity contribution in [1.29, 1.82) is 0 Å². The highest BCUT2D eigenvalue weighted by molar-refractivity contribution is 6.29. The summed E-state index contributed by atoms with van der Waals surface area (Å²) < 4.78 is 9.52. The Labute approximate surface area is 177 Å². The van der Waals surface area contributed by atoms with E-state index in [1.165, 1.54) is 18.4 Å². The number of imidazole rings is 1. The highest BCUT2D eigenvalue weighted by Gasteiger charge is 2.25. The number of anilines is 2. The second-order valence-electron chi connectivity index (χ2n) is 7.56. The summed E-state index contributed by atoms with van der Waals surface area (Å²) in [5, 5.41) is 3.57. The molecule has 0 saturated heterocycles. The summed E-state index contributed by atoms with van der Waals surface area (Å²) in [6.07, 6.45) is 7.74. The molecule has 0 aliphatic heterocycles. The average Bonchev–Trinajstić information content (AvgIpc) is 3.48. The van der Waals surface area contributed by atoms with E-state index in [-0.39, 0.29) is 5.56 Å². The first-order valence-corrected chi connectivity index (χ1v) is 10.1. The van der Waals surface area contributed by atoms with Crippen LogP contribution in [-0.4, -0.2) is 18.9 Å². The fourth-order valence-corrected chi connectivity index (χ4v) is 3.68. The number of hydrogen-bond acceptors (Lipinski definition) is 5. The van der Waals surface area contributed by atoms with Crippen LogP contribution in [0.25, 0.3) is 5.65 Å². The van der Waals surface area contributed by atoms with Gasteiger partial charge in [-0.3, -0.25) is 9.20 Å². The molecule has 1 aliphatic carbocycles. The minimum Gasteiger partial charge on any atom is -0.455 e. The largest absolute Gasteiger partial charge is 0.455 e. The molecule has 1 N–H and O–H groups in total. The monoisotopic (exact) mass is 421 g/mol. The van der Waals surface area contributed by atoms with Crippen molar-refractivity contribution in [2.24, 2.45) is 7.05 Å². The lowest BCUT2D eigenvalue weighted by molar-refractivity contribution is 0.474. The number of halogens is 1. The Morgan fingerprint density at radius 3 is 2.80 bits per heavy atom. The molecule has 4 aromatic heterocycles. The number of fused-ring (bicyclic) bond motifs is 1. The predicted molar refractivity (Wildman–Crippen MR) is 116 cm³/mol. The van der Waals surface area contributed by atoms with Gasteiger partial charge < -0.3 is 14.6 Å². The number of nitrogens with one attached hydrogen (secondary N) is 1. The molecule has 5 rings (SSSR count). The third kappa shape index (κ3) is 3.52. The Hall–Kier alpha value is -3.32. The lowest BCUT2D eigenvalue weighted by atomic mass is 10.2. The Kier molecular flexibility index (Phi) is 4.47. The third-order valence-corrected chi connectivity index (χ3v) is 5.48. The number of hydrogen-bond donors (Lipinski definition) is 1. The second-order valence-corrected chi connectivity index (χ2v) is 7.94. The highest BCUT2D eigenvalue weighted by atomic mass is 35.5. The maximum Gasteiger partial charge on any atom is 0.274 e. The van der Waals surface area contributed by atoms with Gasteiger partial charge in [0.1, 0.15) is 33.8 Å². The van der Waals surface area contributed by atoms with Crippen molar-refractivity contribution in [2.75, 3.05) is 5.32 Å². The highest BCUT2D eigenvalue weighted by Crippen LogP contribution is 2.40. The molecule has 0 spiro atoms. The van der Waals surface area contributed by atoms with Crippen molar-refractivity contribution >= 4 is 28.8 Å². The third-order valence-electron chi connectivity index (χ3n) is 5.28. The van der Waals surface area contributed by atoms with E-state index in [2.05, 4.69) is 15.3 Å². The van der Waals surface area contributed by atoms with Crippen molar-refractivity contribution in [3.05, 3.63) is 75.7 Å². The number of aryl methyl sites for hydroxylation is 2. The number of pyridine rings is 3. The SMILES string of the molecule is Cc1c(Oc2ccnc(Cl)c2)ccc2nc(Nc3cc(C4CC4)cn(C)c3=O)cn12. The van der Waals surface area contributed by atoms with Crippen LogP contribution in [0.15, 0.2) is 53.7 Å². The zero-order chi connectivity index (χ0) is 20.8. The van der Waals surface area contributed by atoms with E-state index in [4.69, 9.17) is 16.3 Å². The van der Waals surface area contributed by atoms with Crippen LogP contribution >= 0.6 is 11.6 Å². The molecular formula is C22H20ClN5O2. The van der Waals surface area contributed by atoms with Crippen LogP contribution < -0.4 is 15.6 Å². The predicted octanol–water partition coefficient (Wildman–Crippen LogP) is 4.80. The van der Waals surface area contributed by atoms with Crippen LogP contribution in [0.3, 0.4) is 0 Å². The smallest absolute Gasteiger partial charge is 0.274 e. The summed E-state index contributed by atoms with van der Waals surface area (Å²) >= 11 is 5.94. The molecule has 1 aliphatic rings. The Morgan fingerprint density at radius 1 is 1.20 bits per heavy atom. The molecule has 0 radical (unpaired) electrons. The van der Waals surface area contributed by atoms with Crippen LogP contribution in [0.2, 0.25) is 5.15 Å². The fourth-order valence-electron chi connectivity index (χ4n) is 3.52. The van der Waals surface area contributed by atoms with Crippen LogP contribution in [0.4, 0.5) is 11.5 Å². The van der Waals surface area contributed by atoms with Crippen molar-refractivity contribution in [3.63, 3.8) is 0 Å². The van der Waals surface area contributed by atoms with Gasteiger partial charge in [0.25, 0.3) is 5.56 Å². The summed E-state index contributed by atoms with van der Waals surface area (Å²) in [6.45, 7) is 1.95. The van der Waals surface area contributed by atoms with Crippen LogP contribution in [0.1, 0.15) is 30.0 Å². The Morgan fingerprint density at radius 2 is 2.03 bits per heavy atom. The van der Waals surface area contributed by atoms with E-state index in [9.17, 15) is 4.79 Å². The van der Waals surface area contributed by atoms with Crippen LogP contribution in [0, 0.1) is 6.92 Å². The first-order chi connectivity index (χ1) is 14.5. The molecule has 152 valence electrons. The summed E-state index contributed by atoms with van der Waals surface area (Å²) in [4.78, 5) is 21.1. The summed E-state index contributed by atoms with van der Waals surface area (Å²) in [5.74, 6) is 2.45. The lowest BCUT2D eigenvalue weighted by Gasteiger charge is -2.10. The molecule has 8 heteroatoms. The number of ether oxygens (including phenoxy) is 1. The molecule has 7 nitrogen and oxygen atoms in total. The Bertz CT molecular complexity index is 1320. The average molecular weight is 422 g/mol. The van der Waals surface area contributed by atoms with E-state index < -0.39 is 0 Å². The Balaban J connectivity index is 1.47. The van der Waals surface area contributed by atoms with Gasteiger partial charge in [-0.05, 0) is 55.5 Å². The molecule has 0 aromatic carbocycles. The van der Waals surface area contributed by atoms with Crippen molar-refractivity contribution < 1.29 is 4.74 Å². The van der Waals surface area contributed by atoms with E-state index in [0.29, 0.717) is 34.1 Å². The van der Waals surface area contributed by atoms with Gasteiger partial charge in [0.05, 0.1) is 11.9 Å². The van der Waals surface area contributed by atoms with Gasteiger partial charge in [-0.25, -0.2) is 9.97 Å². The van der Waals surface area contributed by atoms with Gasteiger partial charge in [-0.2, -0.15) is 0 Å². The quantitative estimate of drug-likeness (QED) is 0.468. The molecular weight excluding hydrogens is 402 g/mol. The minimum atomic E-state index is -0.0771. The fraction of sp³-hybridized carbons (Fsp3) is 0.227. The van der Waals surface area contributed by atoms with Crippen molar-refractivity contribution in [2.45, 2.75) is 25.7 Å². The number of aromatic nitrogens is 4. The van der Waals surface area contributed by atoms with Gasteiger partial charge in [-0.15, -0.1) is 0 Å². The van der Waals surface area contributed by atoms with Gasteiger partial charge in [0, 0.05) is 25.5 Å². The molecule has 30 heavy (non-hydrogen) atoms. The van der Waals surface area contributed by atoms with Crippen LogP contribution in [-0.2, 0) is 7.05 Å². The minimum absolute atomic E-state index is 0.0771. The van der Waals surface area contributed by atoms with E-state index in [0.717, 1.165) is 11.3 Å². The van der Waals surface area contributed by atoms with Crippen LogP contribution in [0.5, 0.6) is 11.5 Å². The van der Waals surface area contributed by atoms with E-state index in [1.807, 2.05) is 41.9 Å².